The first-order chi connectivity index (χ1) is 18.2. The molecular weight excluding hydrogens is 464 g/mol. The van der Waals surface area contributed by atoms with E-state index in [4.69, 9.17) is 9.97 Å². The number of hydrogen-bond donors (Lipinski definition) is 0. The van der Waals surface area contributed by atoms with Gasteiger partial charge >= 0.3 is 0 Å². The summed E-state index contributed by atoms with van der Waals surface area (Å²) in [6, 6.07) is 14.3. The fraction of sp³-hybridized carbons (Fsp3) is 0.357. The smallest absolute Gasteiger partial charge is 0.242 e. The largest absolute Gasteiger partial charge is 0.367 e. The van der Waals surface area contributed by atoms with E-state index in [0.717, 1.165) is 73.1 Å². The minimum absolute atomic E-state index is 0.129. The van der Waals surface area contributed by atoms with Gasteiger partial charge in [0.25, 0.3) is 0 Å². The van der Waals surface area contributed by atoms with Crippen molar-refractivity contribution in [1.82, 2.24) is 29.3 Å². The van der Waals surface area contributed by atoms with Gasteiger partial charge < -0.3 is 24.2 Å². The summed E-state index contributed by atoms with van der Waals surface area (Å²) >= 11 is 0. The Kier molecular flexibility index (Phi) is 6.44. The maximum Gasteiger partial charge on any atom is 0.242 e. The number of carbonyl (C=O) groups is 1. The van der Waals surface area contributed by atoms with Crippen LogP contribution in [0.25, 0.3) is 22.2 Å². The molecule has 2 aliphatic heterocycles. The summed E-state index contributed by atoms with van der Waals surface area (Å²) in [7, 11) is 2.15. The number of carbonyl (C=O) groups excluding carboxylic acids is 1. The van der Waals surface area contributed by atoms with Crippen molar-refractivity contribution in [3.63, 3.8) is 0 Å². The molecule has 2 saturated heterocycles. The third kappa shape index (κ3) is 4.86. The molecule has 2 aliphatic rings. The molecule has 37 heavy (non-hydrogen) atoms. The molecule has 1 aromatic carbocycles. The maximum absolute atomic E-state index is 13.1. The highest BCUT2D eigenvalue weighted by Crippen LogP contribution is 2.31. The van der Waals surface area contributed by atoms with Crippen LogP contribution >= 0.6 is 0 Å². The summed E-state index contributed by atoms with van der Waals surface area (Å²) in [5.41, 5.74) is 4.14. The Morgan fingerprint density at radius 1 is 0.811 bits per heavy atom. The number of amides is 1. The molecule has 4 aromatic rings. The first-order valence-corrected chi connectivity index (χ1v) is 12.9. The molecule has 0 spiro atoms. The van der Waals surface area contributed by atoms with Crippen molar-refractivity contribution in [2.45, 2.75) is 6.54 Å². The van der Waals surface area contributed by atoms with Gasteiger partial charge in [-0.15, -0.1) is 0 Å². The van der Waals surface area contributed by atoms with Gasteiger partial charge in [0.05, 0.1) is 0 Å². The Morgan fingerprint density at radius 3 is 2.32 bits per heavy atom. The first kappa shape index (κ1) is 23.4. The van der Waals surface area contributed by atoms with Crippen LogP contribution in [0.15, 0.2) is 67.3 Å². The third-order valence-corrected chi connectivity index (χ3v) is 7.44. The number of pyridine rings is 1. The van der Waals surface area contributed by atoms with E-state index in [2.05, 4.69) is 51.0 Å². The summed E-state index contributed by atoms with van der Waals surface area (Å²) in [5, 5.41) is 1.05. The Balaban J connectivity index is 1.11. The number of hydrogen-bond acceptors (Lipinski definition) is 7. The van der Waals surface area contributed by atoms with E-state index >= 15 is 0 Å². The number of aromatic nitrogens is 4. The number of piperazine rings is 2. The van der Waals surface area contributed by atoms with Crippen molar-refractivity contribution >= 4 is 28.6 Å². The van der Waals surface area contributed by atoms with Gasteiger partial charge in [-0.25, -0.2) is 15.0 Å². The predicted octanol–water partition coefficient (Wildman–Crippen LogP) is 2.59. The highest BCUT2D eigenvalue weighted by molar-refractivity contribution is 5.82. The quantitative estimate of drug-likeness (QED) is 0.421. The second-order valence-electron chi connectivity index (χ2n) is 9.81. The highest BCUT2D eigenvalue weighted by atomic mass is 16.2. The summed E-state index contributed by atoms with van der Waals surface area (Å²) in [6.07, 6.45) is 7.59. The molecule has 1 amide bonds. The van der Waals surface area contributed by atoms with E-state index in [1.807, 2.05) is 46.3 Å². The zero-order valence-electron chi connectivity index (χ0n) is 21.2. The summed E-state index contributed by atoms with van der Waals surface area (Å²) < 4.78 is 1.94. The van der Waals surface area contributed by atoms with Gasteiger partial charge in [-0.05, 0) is 31.3 Å². The fourth-order valence-corrected chi connectivity index (χ4v) is 5.21. The van der Waals surface area contributed by atoms with Crippen LogP contribution in [0.5, 0.6) is 0 Å². The number of fused-ring (bicyclic) bond motifs is 1. The topological polar surface area (TPSA) is 73.6 Å². The lowest BCUT2D eigenvalue weighted by molar-refractivity contribution is -0.132. The Bertz CT molecular complexity index is 1370. The predicted molar refractivity (Wildman–Crippen MR) is 146 cm³/mol. The number of likely N-dealkylation sites (N-methyl/N-ethyl adjacent to an activating group) is 1. The van der Waals surface area contributed by atoms with Crippen molar-refractivity contribution in [3.8, 4) is 11.1 Å². The minimum Gasteiger partial charge on any atom is -0.367 e. The molecule has 0 bridgehead atoms. The molecule has 6 rings (SSSR count). The average Bonchev–Trinajstić information content (AvgIpc) is 3.36. The van der Waals surface area contributed by atoms with E-state index < -0.39 is 0 Å². The van der Waals surface area contributed by atoms with Gasteiger partial charge in [-0.2, -0.15) is 0 Å². The van der Waals surface area contributed by atoms with Crippen molar-refractivity contribution < 1.29 is 4.79 Å². The van der Waals surface area contributed by atoms with Gasteiger partial charge in [0.1, 0.15) is 12.2 Å². The van der Waals surface area contributed by atoms with E-state index in [-0.39, 0.29) is 5.91 Å². The maximum atomic E-state index is 13.1. The number of rotatable bonds is 5. The normalized spacial score (nSPS) is 16.9. The van der Waals surface area contributed by atoms with Crippen LogP contribution in [0.4, 0.5) is 11.6 Å². The third-order valence-electron chi connectivity index (χ3n) is 7.44. The summed E-state index contributed by atoms with van der Waals surface area (Å²) in [4.78, 5) is 35.8. The van der Waals surface area contributed by atoms with E-state index in [1.165, 1.54) is 0 Å². The fourth-order valence-electron chi connectivity index (χ4n) is 5.21. The second-order valence-corrected chi connectivity index (χ2v) is 9.81. The zero-order chi connectivity index (χ0) is 25.2. The molecule has 0 aliphatic carbocycles. The molecular formula is C28H32N8O. The van der Waals surface area contributed by atoms with Crippen LogP contribution in [-0.2, 0) is 11.3 Å². The molecule has 9 nitrogen and oxygen atoms in total. The van der Waals surface area contributed by atoms with Crippen molar-refractivity contribution in [1.29, 1.82) is 0 Å². The number of benzene rings is 1. The van der Waals surface area contributed by atoms with E-state index in [0.29, 0.717) is 19.6 Å². The van der Waals surface area contributed by atoms with Crippen molar-refractivity contribution in [2.24, 2.45) is 0 Å². The molecule has 190 valence electrons. The van der Waals surface area contributed by atoms with Crippen LogP contribution in [-0.4, -0.2) is 94.6 Å². The highest BCUT2D eigenvalue weighted by Gasteiger charge is 2.24. The Labute approximate surface area is 217 Å². The second kappa shape index (κ2) is 10.2. The van der Waals surface area contributed by atoms with Crippen LogP contribution in [0.2, 0.25) is 0 Å². The number of anilines is 2. The zero-order valence-corrected chi connectivity index (χ0v) is 21.2. The standard InChI is InChI=1S/C28H32N8O/c1-32-11-13-35(14-12-32)28-30-19-23(20-31-28)24-6-2-3-7-25(24)33-15-17-34(18-16-33)26(37)21-36-10-8-22-5-4-9-29-27(22)36/h2-10,19-20H,11-18,21H2,1H3. The first-order valence-electron chi connectivity index (χ1n) is 12.9. The summed E-state index contributed by atoms with van der Waals surface area (Å²) in [5.74, 6) is 0.927. The Hall–Kier alpha value is -3.98. The molecule has 3 aromatic heterocycles. The lowest BCUT2D eigenvalue weighted by atomic mass is 10.1. The number of para-hydroxylation sites is 1. The van der Waals surface area contributed by atoms with Crippen LogP contribution in [0.3, 0.4) is 0 Å². The van der Waals surface area contributed by atoms with Gasteiger partial charge in [0, 0.05) is 99.3 Å². The molecule has 9 heteroatoms. The van der Waals surface area contributed by atoms with Crippen LogP contribution in [0, 0.1) is 0 Å². The molecule has 0 N–H and O–H groups in total. The molecule has 5 heterocycles. The SMILES string of the molecule is CN1CCN(c2ncc(-c3ccccc3N3CCN(C(=O)Cn4ccc5cccnc54)CC3)cn2)CC1. The van der Waals surface area contributed by atoms with E-state index in [1.54, 1.807) is 6.20 Å². The van der Waals surface area contributed by atoms with Gasteiger partial charge in [-0.3, -0.25) is 4.79 Å². The number of nitrogens with zero attached hydrogens (tertiary/aromatic N) is 8. The Morgan fingerprint density at radius 2 is 1.54 bits per heavy atom. The van der Waals surface area contributed by atoms with Crippen LogP contribution in [0.1, 0.15) is 0 Å². The van der Waals surface area contributed by atoms with Crippen molar-refractivity contribution in [3.05, 3.63) is 67.3 Å². The molecule has 0 saturated carbocycles. The minimum atomic E-state index is 0.129. The average molecular weight is 497 g/mol. The van der Waals surface area contributed by atoms with Gasteiger partial charge in [0.15, 0.2) is 0 Å². The van der Waals surface area contributed by atoms with Crippen LogP contribution < -0.4 is 9.80 Å². The van der Waals surface area contributed by atoms with E-state index in [9.17, 15) is 4.79 Å². The van der Waals surface area contributed by atoms with Crippen molar-refractivity contribution in [2.75, 3.05) is 69.2 Å². The molecule has 0 radical (unpaired) electrons. The van der Waals surface area contributed by atoms with Gasteiger partial charge in [0.2, 0.25) is 11.9 Å². The lowest BCUT2D eigenvalue weighted by Crippen LogP contribution is -2.49. The van der Waals surface area contributed by atoms with Gasteiger partial charge in [-0.1, -0.05) is 18.2 Å². The summed E-state index contributed by atoms with van der Waals surface area (Å²) in [6.45, 7) is 7.23. The molecule has 0 atom stereocenters. The molecule has 0 unspecified atom stereocenters. The molecule has 2 fully saturated rings. The lowest BCUT2D eigenvalue weighted by Gasteiger charge is -2.37. The monoisotopic (exact) mass is 496 g/mol.